The lowest BCUT2D eigenvalue weighted by atomic mass is 10.2. The van der Waals surface area contributed by atoms with E-state index in [9.17, 15) is 8.42 Å². The topological polar surface area (TPSA) is 90.9 Å². The molecule has 0 spiro atoms. The zero-order chi connectivity index (χ0) is 14.9. The Morgan fingerprint density at radius 1 is 1.35 bits per heavy atom. The molecule has 1 heterocycles. The van der Waals surface area contributed by atoms with Crippen LogP contribution < -0.4 is 5.73 Å². The van der Waals surface area contributed by atoms with Crippen molar-refractivity contribution >= 4 is 15.5 Å². The lowest BCUT2D eigenvalue weighted by Crippen LogP contribution is -2.14. The molecule has 7 heteroatoms. The van der Waals surface area contributed by atoms with Crippen molar-refractivity contribution in [1.82, 2.24) is 14.8 Å². The van der Waals surface area contributed by atoms with E-state index in [2.05, 4.69) is 10.1 Å². The van der Waals surface area contributed by atoms with Gasteiger partial charge in [-0.3, -0.25) is 0 Å². The summed E-state index contributed by atoms with van der Waals surface area (Å²) in [5.74, 6) is 0.247. The highest BCUT2D eigenvalue weighted by molar-refractivity contribution is 7.90. The van der Waals surface area contributed by atoms with Crippen molar-refractivity contribution in [1.29, 1.82) is 0 Å². The second-order valence-electron chi connectivity index (χ2n) is 4.94. The molecule has 0 saturated heterocycles. The van der Waals surface area contributed by atoms with Gasteiger partial charge in [-0.2, -0.15) is 5.10 Å². The molecule has 0 fully saturated rings. The fourth-order valence-electron chi connectivity index (χ4n) is 2.02. The number of rotatable bonds is 4. The first-order chi connectivity index (χ1) is 9.33. The minimum absolute atomic E-state index is 0.0599. The molecule has 6 nitrogen and oxygen atoms in total. The van der Waals surface area contributed by atoms with Crippen LogP contribution in [0.4, 0.5) is 5.69 Å². The lowest BCUT2D eigenvalue weighted by Gasteiger charge is -2.12. The molecule has 0 aliphatic carbocycles. The number of hydrogen-bond acceptors (Lipinski definition) is 5. The van der Waals surface area contributed by atoms with Gasteiger partial charge in [-0.05, 0) is 38.5 Å². The largest absolute Gasteiger partial charge is 0.398 e. The Balaban J connectivity index is 2.41. The molecule has 0 unspecified atom stereocenters. The van der Waals surface area contributed by atoms with Crippen LogP contribution in [-0.2, 0) is 15.6 Å². The fraction of sp³-hybridized carbons (Fsp3) is 0.385. The van der Waals surface area contributed by atoms with E-state index in [0.29, 0.717) is 17.1 Å². The van der Waals surface area contributed by atoms with Crippen LogP contribution in [0, 0.1) is 6.92 Å². The summed E-state index contributed by atoms with van der Waals surface area (Å²) in [5, 5.41) is 4.05. The molecule has 0 atom stereocenters. The summed E-state index contributed by atoms with van der Waals surface area (Å²) >= 11 is 0. The molecule has 1 aromatic carbocycles. The van der Waals surface area contributed by atoms with E-state index in [1.807, 2.05) is 13.8 Å². The maximum absolute atomic E-state index is 12.5. The molecule has 0 bridgehead atoms. The van der Waals surface area contributed by atoms with Gasteiger partial charge in [0.15, 0.2) is 9.84 Å². The molecule has 108 valence electrons. The van der Waals surface area contributed by atoms with Gasteiger partial charge in [0.05, 0.1) is 4.90 Å². The molecule has 1 aromatic heterocycles. The Labute approximate surface area is 118 Å². The summed E-state index contributed by atoms with van der Waals surface area (Å²) in [7, 11) is -3.50. The number of benzene rings is 1. The van der Waals surface area contributed by atoms with Crippen LogP contribution in [-0.4, -0.2) is 23.2 Å². The SMILES string of the molecule is Cc1c(N)cccc1S(=O)(=O)Cc1ncnn1C(C)C. The Morgan fingerprint density at radius 2 is 2.05 bits per heavy atom. The minimum atomic E-state index is -3.50. The van der Waals surface area contributed by atoms with Crippen LogP contribution in [0.2, 0.25) is 0 Å². The fourth-order valence-corrected chi connectivity index (χ4v) is 3.60. The number of anilines is 1. The van der Waals surface area contributed by atoms with Crippen molar-refractivity contribution in [2.45, 2.75) is 37.5 Å². The number of nitrogens with zero attached hydrogens (tertiary/aromatic N) is 3. The van der Waals surface area contributed by atoms with Gasteiger partial charge in [0.1, 0.15) is 17.9 Å². The molecule has 0 saturated carbocycles. The summed E-state index contributed by atoms with van der Waals surface area (Å²) in [6, 6.07) is 4.95. The van der Waals surface area contributed by atoms with E-state index in [-0.39, 0.29) is 16.7 Å². The maximum Gasteiger partial charge on any atom is 0.185 e. The minimum Gasteiger partial charge on any atom is -0.398 e. The molecule has 2 N–H and O–H groups in total. The summed E-state index contributed by atoms with van der Waals surface area (Å²) in [4.78, 5) is 4.29. The third-order valence-electron chi connectivity index (χ3n) is 3.12. The van der Waals surface area contributed by atoms with E-state index in [4.69, 9.17) is 5.73 Å². The van der Waals surface area contributed by atoms with Gasteiger partial charge in [-0.25, -0.2) is 18.1 Å². The number of nitrogens with two attached hydrogens (primary N) is 1. The van der Waals surface area contributed by atoms with Crippen LogP contribution in [0.15, 0.2) is 29.4 Å². The first-order valence-corrected chi connectivity index (χ1v) is 7.94. The van der Waals surface area contributed by atoms with Crippen LogP contribution in [0.25, 0.3) is 0 Å². The normalized spacial score (nSPS) is 12.0. The molecule has 20 heavy (non-hydrogen) atoms. The Hall–Kier alpha value is -1.89. The molecule has 0 aliphatic rings. The highest BCUT2D eigenvalue weighted by Crippen LogP contribution is 2.24. The molecular weight excluding hydrogens is 276 g/mol. The Bertz CT molecular complexity index is 720. The number of aromatic nitrogens is 3. The molecule has 0 amide bonds. The Kier molecular flexibility index (Phi) is 3.80. The number of sulfone groups is 1. The molecule has 2 rings (SSSR count). The summed E-state index contributed by atoms with van der Waals surface area (Å²) < 4.78 is 26.6. The second-order valence-corrected chi connectivity index (χ2v) is 6.90. The van der Waals surface area contributed by atoms with Crippen LogP contribution in [0.3, 0.4) is 0 Å². The first-order valence-electron chi connectivity index (χ1n) is 6.29. The van der Waals surface area contributed by atoms with Gasteiger partial charge in [0.25, 0.3) is 0 Å². The van der Waals surface area contributed by atoms with E-state index in [1.54, 1.807) is 29.8 Å². The monoisotopic (exact) mass is 294 g/mol. The third-order valence-corrected chi connectivity index (χ3v) is 4.87. The van der Waals surface area contributed by atoms with E-state index < -0.39 is 9.84 Å². The average molecular weight is 294 g/mol. The predicted octanol–water partition coefficient (Wildman–Crippen LogP) is 1.72. The zero-order valence-corrected chi connectivity index (χ0v) is 12.6. The maximum atomic E-state index is 12.5. The van der Waals surface area contributed by atoms with Crippen molar-refractivity contribution in [3.63, 3.8) is 0 Å². The lowest BCUT2D eigenvalue weighted by molar-refractivity contribution is 0.510. The second kappa shape index (κ2) is 5.24. The first kappa shape index (κ1) is 14.5. The van der Waals surface area contributed by atoms with Crippen LogP contribution in [0.5, 0.6) is 0 Å². The van der Waals surface area contributed by atoms with Crippen molar-refractivity contribution in [2.75, 3.05) is 5.73 Å². The highest BCUT2D eigenvalue weighted by atomic mass is 32.2. The molecule has 0 radical (unpaired) electrons. The Morgan fingerprint density at radius 3 is 2.70 bits per heavy atom. The predicted molar refractivity (Wildman–Crippen MR) is 76.9 cm³/mol. The van der Waals surface area contributed by atoms with E-state index in [1.165, 1.54) is 6.33 Å². The number of nitrogen functional groups attached to an aromatic ring is 1. The highest BCUT2D eigenvalue weighted by Gasteiger charge is 2.22. The number of hydrogen-bond donors (Lipinski definition) is 1. The van der Waals surface area contributed by atoms with Crippen LogP contribution in [0.1, 0.15) is 31.3 Å². The standard InChI is InChI=1S/C13H18N4O2S/c1-9(2)17-13(15-8-16-17)7-20(18,19)12-6-4-5-11(14)10(12)3/h4-6,8-9H,7,14H2,1-3H3. The van der Waals surface area contributed by atoms with E-state index in [0.717, 1.165) is 0 Å². The van der Waals surface area contributed by atoms with E-state index >= 15 is 0 Å². The van der Waals surface area contributed by atoms with Crippen molar-refractivity contribution in [2.24, 2.45) is 0 Å². The van der Waals surface area contributed by atoms with Gasteiger partial charge in [-0.1, -0.05) is 6.07 Å². The summed E-state index contributed by atoms with van der Waals surface area (Å²) in [6.45, 7) is 5.56. The van der Waals surface area contributed by atoms with Crippen molar-refractivity contribution < 1.29 is 8.42 Å². The summed E-state index contributed by atoms with van der Waals surface area (Å²) in [6.07, 6.45) is 1.37. The van der Waals surface area contributed by atoms with Gasteiger partial charge in [0.2, 0.25) is 0 Å². The molecule has 0 aliphatic heterocycles. The summed E-state index contributed by atoms with van der Waals surface area (Å²) in [5.41, 5.74) is 6.81. The third kappa shape index (κ3) is 2.67. The van der Waals surface area contributed by atoms with Gasteiger partial charge in [-0.15, -0.1) is 0 Å². The quantitative estimate of drug-likeness (QED) is 0.867. The van der Waals surface area contributed by atoms with Crippen LogP contribution >= 0.6 is 0 Å². The average Bonchev–Trinajstić information content (AvgIpc) is 2.79. The van der Waals surface area contributed by atoms with Crippen molar-refractivity contribution in [3.05, 3.63) is 35.9 Å². The smallest absolute Gasteiger partial charge is 0.185 e. The van der Waals surface area contributed by atoms with Gasteiger partial charge >= 0.3 is 0 Å². The van der Waals surface area contributed by atoms with Gasteiger partial charge < -0.3 is 5.73 Å². The molecular formula is C13H18N4O2S. The van der Waals surface area contributed by atoms with Crippen molar-refractivity contribution in [3.8, 4) is 0 Å². The molecule has 2 aromatic rings. The van der Waals surface area contributed by atoms with Gasteiger partial charge in [0, 0.05) is 11.7 Å². The zero-order valence-electron chi connectivity index (χ0n) is 11.7.